The highest BCUT2D eigenvalue weighted by molar-refractivity contribution is 6.30. The maximum atomic E-state index is 9.71. The second-order valence-corrected chi connectivity index (χ2v) is 3.80. The van der Waals surface area contributed by atoms with E-state index in [9.17, 15) is 5.11 Å². The fraction of sp³-hybridized carbons (Fsp3) is 0.455. The quantitative estimate of drug-likeness (QED) is 0.789. The van der Waals surface area contributed by atoms with Gasteiger partial charge in [0.05, 0.1) is 6.10 Å². The molecular formula is C11H15ClO. The van der Waals surface area contributed by atoms with E-state index in [1.165, 1.54) is 0 Å². The standard InChI is InChI=1S/C11H15ClO/c1-3-4-11(13)9-5-8(2)6-10(12)7-9/h5-7,11,13H,3-4H2,1-2H3. The van der Waals surface area contributed by atoms with E-state index in [1.54, 1.807) is 0 Å². The molecule has 1 N–H and O–H groups in total. The van der Waals surface area contributed by atoms with Gasteiger partial charge in [0.2, 0.25) is 0 Å². The van der Waals surface area contributed by atoms with Crippen molar-refractivity contribution in [3.05, 3.63) is 34.3 Å². The summed E-state index contributed by atoms with van der Waals surface area (Å²) in [4.78, 5) is 0. The molecule has 0 bridgehead atoms. The maximum absolute atomic E-state index is 9.71. The fourth-order valence-corrected chi connectivity index (χ4v) is 1.70. The molecule has 0 saturated carbocycles. The molecular weight excluding hydrogens is 184 g/mol. The lowest BCUT2D eigenvalue weighted by molar-refractivity contribution is 0.166. The first-order valence-electron chi connectivity index (χ1n) is 4.58. The molecule has 72 valence electrons. The van der Waals surface area contributed by atoms with Gasteiger partial charge in [0, 0.05) is 5.02 Å². The highest BCUT2D eigenvalue weighted by Gasteiger charge is 2.06. The Morgan fingerprint density at radius 1 is 1.38 bits per heavy atom. The van der Waals surface area contributed by atoms with Crippen molar-refractivity contribution < 1.29 is 5.11 Å². The third kappa shape index (κ3) is 3.02. The summed E-state index contributed by atoms with van der Waals surface area (Å²) in [7, 11) is 0. The minimum absolute atomic E-state index is 0.373. The van der Waals surface area contributed by atoms with Crippen molar-refractivity contribution in [3.63, 3.8) is 0 Å². The Morgan fingerprint density at radius 2 is 2.08 bits per heavy atom. The number of hydrogen-bond donors (Lipinski definition) is 1. The van der Waals surface area contributed by atoms with Crippen molar-refractivity contribution in [2.45, 2.75) is 32.8 Å². The zero-order valence-corrected chi connectivity index (χ0v) is 8.80. The number of hydrogen-bond acceptors (Lipinski definition) is 1. The monoisotopic (exact) mass is 198 g/mol. The maximum Gasteiger partial charge on any atom is 0.0790 e. The number of aliphatic hydroxyl groups is 1. The van der Waals surface area contributed by atoms with Crippen LogP contribution in [0.15, 0.2) is 18.2 Å². The van der Waals surface area contributed by atoms with Crippen LogP contribution < -0.4 is 0 Å². The first-order chi connectivity index (χ1) is 6.13. The molecule has 0 aromatic heterocycles. The van der Waals surface area contributed by atoms with Crippen LogP contribution in [0.3, 0.4) is 0 Å². The van der Waals surface area contributed by atoms with Crippen LogP contribution in [-0.4, -0.2) is 5.11 Å². The zero-order chi connectivity index (χ0) is 9.84. The molecule has 2 heteroatoms. The van der Waals surface area contributed by atoms with E-state index >= 15 is 0 Å². The van der Waals surface area contributed by atoms with Crippen LogP contribution in [0.25, 0.3) is 0 Å². The van der Waals surface area contributed by atoms with Gasteiger partial charge in [0.15, 0.2) is 0 Å². The van der Waals surface area contributed by atoms with Gasteiger partial charge in [0.1, 0.15) is 0 Å². The van der Waals surface area contributed by atoms with E-state index in [-0.39, 0.29) is 6.10 Å². The van der Waals surface area contributed by atoms with Gasteiger partial charge in [-0.05, 0) is 36.6 Å². The third-order valence-electron chi connectivity index (χ3n) is 2.01. The fourth-order valence-electron chi connectivity index (χ4n) is 1.40. The van der Waals surface area contributed by atoms with Crippen molar-refractivity contribution >= 4 is 11.6 Å². The summed E-state index contributed by atoms with van der Waals surface area (Å²) in [6.07, 6.45) is 1.40. The molecule has 1 nitrogen and oxygen atoms in total. The van der Waals surface area contributed by atoms with Crippen LogP contribution in [0.2, 0.25) is 5.02 Å². The molecule has 0 radical (unpaired) electrons. The van der Waals surface area contributed by atoms with Gasteiger partial charge >= 0.3 is 0 Å². The van der Waals surface area contributed by atoms with Crippen LogP contribution in [0.5, 0.6) is 0 Å². The second-order valence-electron chi connectivity index (χ2n) is 3.37. The summed E-state index contributed by atoms with van der Waals surface area (Å²) in [6.45, 7) is 4.04. The molecule has 1 aromatic rings. The van der Waals surface area contributed by atoms with Crippen molar-refractivity contribution in [1.82, 2.24) is 0 Å². The Kier molecular flexibility index (Phi) is 3.76. The van der Waals surface area contributed by atoms with E-state index in [2.05, 4.69) is 6.92 Å². The number of aryl methyl sites for hydroxylation is 1. The van der Waals surface area contributed by atoms with Crippen LogP contribution in [0.1, 0.15) is 37.0 Å². The Morgan fingerprint density at radius 3 is 2.62 bits per heavy atom. The Bertz CT molecular complexity index is 263. The average Bonchev–Trinajstić information content (AvgIpc) is 2.03. The topological polar surface area (TPSA) is 20.2 Å². The lowest BCUT2D eigenvalue weighted by atomic mass is 10.0. The second kappa shape index (κ2) is 4.64. The number of halogens is 1. The minimum Gasteiger partial charge on any atom is -0.388 e. The van der Waals surface area contributed by atoms with Gasteiger partial charge in [-0.25, -0.2) is 0 Å². The van der Waals surface area contributed by atoms with E-state index in [1.807, 2.05) is 25.1 Å². The van der Waals surface area contributed by atoms with Gasteiger partial charge in [-0.2, -0.15) is 0 Å². The van der Waals surface area contributed by atoms with Crippen LogP contribution in [0, 0.1) is 6.92 Å². The highest BCUT2D eigenvalue weighted by atomic mass is 35.5. The first-order valence-corrected chi connectivity index (χ1v) is 4.96. The van der Waals surface area contributed by atoms with Gasteiger partial charge in [0.25, 0.3) is 0 Å². The summed E-state index contributed by atoms with van der Waals surface area (Å²) in [6, 6.07) is 5.70. The smallest absolute Gasteiger partial charge is 0.0790 e. The van der Waals surface area contributed by atoms with Crippen molar-refractivity contribution in [2.75, 3.05) is 0 Å². The Labute approximate surface area is 84.4 Å². The number of rotatable bonds is 3. The zero-order valence-electron chi connectivity index (χ0n) is 8.05. The highest BCUT2D eigenvalue weighted by Crippen LogP contribution is 2.23. The lowest BCUT2D eigenvalue weighted by Gasteiger charge is -2.10. The number of aliphatic hydroxyl groups excluding tert-OH is 1. The summed E-state index contributed by atoms with van der Waals surface area (Å²) in [5, 5.41) is 10.4. The first kappa shape index (κ1) is 10.6. The molecule has 1 unspecified atom stereocenters. The molecule has 1 atom stereocenters. The SMILES string of the molecule is CCCC(O)c1cc(C)cc(Cl)c1. The molecule has 0 fully saturated rings. The van der Waals surface area contributed by atoms with Crippen molar-refractivity contribution in [2.24, 2.45) is 0 Å². The van der Waals surface area contributed by atoms with E-state index in [0.29, 0.717) is 5.02 Å². The largest absolute Gasteiger partial charge is 0.388 e. The van der Waals surface area contributed by atoms with Gasteiger partial charge in [-0.15, -0.1) is 0 Å². The predicted octanol–water partition coefficient (Wildman–Crippen LogP) is 3.48. The predicted molar refractivity (Wildman–Crippen MR) is 56.1 cm³/mol. The van der Waals surface area contributed by atoms with Gasteiger partial charge < -0.3 is 5.11 Å². The molecule has 0 heterocycles. The molecule has 0 aliphatic rings. The third-order valence-corrected chi connectivity index (χ3v) is 2.23. The van der Waals surface area contributed by atoms with Crippen molar-refractivity contribution in [1.29, 1.82) is 0 Å². The summed E-state index contributed by atoms with van der Waals surface area (Å²) >= 11 is 5.88. The summed E-state index contributed by atoms with van der Waals surface area (Å²) in [5.41, 5.74) is 2.02. The van der Waals surface area contributed by atoms with E-state index in [0.717, 1.165) is 24.0 Å². The van der Waals surface area contributed by atoms with Gasteiger partial charge in [-0.3, -0.25) is 0 Å². The molecule has 0 aliphatic carbocycles. The average molecular weight is 199 g/mol. The van der Waals surface area contributed by atoms with Crippen molar-refractivity contribution in [3.8, 4) is 0 Å². The molecule has 0 spiro atoms. The Hall–Kier alpha value is -0.530. The molecule has 13 heavy (non-hydrogen) atoms. The van der Waals surface area contributed by atoms with E-state index < -0.39 is 0 Å². The van der Waals surface area contributed by atoms with Crippen LogP contribution in [0.4, 0.5) is 0 Å². The molecule has 1 aromatic carbocycles. The minimum atomic E-state index is -0.373. The van der Waals surface area contributed by atoms with Gasteiger partial charge in [-0.1, -0.05) is 31.0 Å². The van der Waals surface area contributed by atoms with E-state index in [4.69, 9.17) is 11.6 Å². The van der Waals surface area contributed by atoms with Crippen LogP contribution >= 0.6 is 11.6 Å². The molecule has 0 aliphatic heterocycles. The Balaban J connectivity index is 2.87. The number of benzene rings is 1. The van der Waals surface area contributed by atoms with Crippen LogP contribution in [-0.2, 0) is 0 Å². The molecule has 0 saturated heterocycles. The molecule has 1 rings (SSSR count). The summed E-state index contributed by atoms with van der Waals surface area (Å²) < 4.78 is 0. The molecule has 0 amide bonds. The summed E-state index contributed by atoms with van der Waals surface area (Å²) in [5.74, 6) is 0. The lowest BCUT2D eigenvalue weighted by Crippen LogP contribution is -1.96. The normalized spacial score (nSPS) is 12.9.